The van der Waals surface area contributed by atoms with Gasteiger partial charge in [-0.25, -0.2) is 0 Å². The summed E-state index contributed by atoms with van der Waals surface area (Å²) in [5, 5.41) is 0. The van der Waals surface area contributed by atoms with E-state index < -0.39 is 0 Å². The lowest BCUT2D eigenvalue weighted by molar-refractivity contribution is 0.197. The van der Waals surface area contributed by atoms with Gasteiger partial charge in [-0.15, -0.1) is 0 Å². The quantitative estimate of drug-likeness (QED) is 0.575. The van der Waals surface area contributed by atoms with Crippen LogP contribution in [-0.2, 0) is 0 Å². The van der Waals surface area contributed by atoms with Crippen LogP contribution < -0.4 is 5.73 Å². The topological polar surface area (TPSA) is 26.0 Å². The SMILES string of the molecule is CC1CCCC(C)C1C.CN. The first-order valence-corrected chi connectivity index (χ1v) is 4.79. The predicted molar refractivity (Wildman–Crippen MR) is 51.5 cm³/mol. The molecule has 68 valence electrons. The molecule has 2 unspecified atom stereocenters. The van der Waals surface area contributed by atoms with Crippen LogP contribution in [0.5, 0.6) is 0 Å². The van der Waals surface area contributed by atoms with Crippen molar-refractivity contribution in [1.82, 2.24) is 0 Å². The molecule has 2 atom stereocenters. The third kappa shape index (κ3) is 3.24. The van der Waals surface area contributed by atoms with E-state index in [1.165, 1.54) is 26.3 Å². The van der Waals surface area contributed by atoms with E-state index >= 15 is 0 Å². The Labute approximate surface area is 71.4 Å². The van der Waals surface area contributed by atoms with Crippen LogP contribution in [0.15, 0.2) is 0 Å². The van der Waals surface area contributed by atoms with Gasteiger partial charge in [-0.3, -0.25) is 0 Å². The molecule has 0 spiro atoms. The van der Waals surface area contributed by atoms with Gasteiger partial charge in [0.1, 0.15) is 0 Å². The fourth-order valence-corrected chi connectivity index (χ4v) is 1.85. The number of hydrogen-bond acceptors (Lipinski definition) is 1. The summed E-state index contributed by atoms with van der Waals surface area (Å²) < 4.78 is 0. The van der Waals surface area contributed by atoms with Crippen molar-refractivity contribution in [3.8, 4) is 0 Å². The molecule has 1 aliphatic carbocycles. The number of nitrogens with two attached hydrogens (primary N) is 1. The van der Waals surface area contributed by atoms with Crippen molar-refractivity contribution < 1.29 is 0 Å². The highest BCUT2D eigenvalue weighted by Crippen LogP contribution is 2.33. The van der Waals surface area contributed by atoms with Gasteiger partial charge in [-0.1, -0.05) is 40.0 Å². The zero-order valence-corrected chi connectivity index (χ0v) is 8.43. The van der Waals surface area contributed by atoms with Crippen molar-refractivity contribution >= 4 is 0 Å². The summed E-state index contributed by atoms with van der Waals surface area (Å²) in [7, 11) is 1.50. The van der Waals surface area contributed by atoms with Gasteiger partial charge in [0.15, 0.2) is 0 Å². The van der Waals surface area contributed by atoms with Crippen molar-refractivity contribution in [1.29, 1.82) is 0 Å². The smallest absolute Gasteiger partial charge is 0.0195 e. The van der Waals surface area contributed by atoms with E-state index in [9.17, 15) is 0 Å². The molecular formula is C10H23N. The van der Waals surface area contributed by atoms with Crippen LogP contribution in [0.1, 0.15) is 40.0 Å². The largest absolute Gasteiger partial charge is 0.333 e. The zero-order chi connectivity index (χ0) is 8.85. The first-order valence-electron chi connectivity index (χ1n) is 4.79. The molecule has 1 saturated carbocycles. The highest BCUT2D eigenvalue weighted by molar-refractivity contribution is 4.73. The maximum absolute atomic E-state index is 4.50. The zero-order valence-electron chi connectivity index (χ0n) is 8.43. The molecule has 0 aromatic rings. The van der Waals surface area contributed by atoms with E-state index in [2.05, 4.69) is 26.5 Å². The third-order valence-electron chi connectivity index (χ3n) is 3.11. The average Bonchev–Trinajstić information content (AvgIpc) is 2.04. The van der Waals surface area contributed by atoms with Gasteiger partial charge in [0.05, 0.1) is 0 Å². The summed E-state index contributed by atoms with van der Waals surface area (Å²) in [6, 6.07) is 0. The minimum Gasteiger partial charge on any atom is -0.333 e. The molecule has 0 aliphatic heterocycles. The molecule has 0 amide bonds. The van der Waals surface area contributed by atoms with E-state index in [1.54, 1.807) is 0 Å². The van der Waals surface area contributed by atoms with Crippen LogP contribution in [0.4, 0.5) is 0 Å². The van der Waals surface area contributed by atoms with E-state index in [4.69, 9.17) is 0 Å². The molecule has 11 heavy (non-hydrogen) atoms. The first kappa shape index (κ1) is 11.0. The Morgan fingerprint density at radius 2 is 1.27 bits per heavy atom. The van der Waals surface area contributed by atoms with Crippen molar-refractivity contribution in [3.05, 3.63) is 0 Å². The van der Waals surface area contributed by atoms with E-state index in [0.29, 0.717) is 0 Å². The molecule has 0 radical (unpaired) electrons. The first-order chi connectivity index (χ1) is 5.22. The molecule has 1 nitrogen and oxygen atoms in total. The second-order valence-corrected chi connectivity index (χ2v) is 3.74. The molecule has 1 aliphatic rings. The Bertz CT molecular complexity index is 80.9. The van der Waals surface area contributed by atoms with E-state index in [0.717, 1.165) is 17.8 Å². The lowest BCUT2D eigenvalue weighted by Gasteiger charge is -2.31. The Morgan fingerprint density at radius 1 is 0.909 bits per heavy atom. The summed E-state index contributed by atoms with van der Waals surface area (Å²) in [4.78, 5) is 0. The molecule has 2 N–H and O–H groups in total. The van der Waals surface area contributed by atoms with Crippen LogP contribution in [0.3, 0.4) is 0 Å². The Hall–Kier alpha value is -0.0400. The van der Waals surface area contributed by atoms with E-state index in [1.807, 2.05) is 0 Å². The lowest BCUT2D eigenvalue weighted by atomic mass is 9.75. The molecule has 1 heteroatoms. The summed E-state index contributed by atoms with van der Waals surface area (Å²) in [6.07, 6.45) is 4.39. The van der Waals surface area contributed by atoms with E-state index in [-0.39, 0.29) is 0 Å². The highest BCUT2D eigenvalue weighted by Gasteiger charge is 2.22. The lowest BCUT2D eigenvalue weighted by Crippen LogP contribution is -2.21. The predicted octanol–water partition coefficient (Wildman–Crippen LogP) is 2.65. The second kappa shape index (κ2) is 5.59. The van der Waals surface area contributed by atoms with Crippen LogP contribution in [0.2, 0.25) is 0 Å². The van der Waals surface area contributed by atoms with Crippen molar-refractivity contribution in [2.24, 2.45) is 23.5 Å². The molecule has 1 rings (SSSR count). The molecule has 1 fully saturated rings. The summed E-state index contributed by atoms with van der Waals surface area (Å²) in [5.41, 5.74) is 4.50. The second-order valence-electron chi connectivity index (χ2n) is 3.74. The Balaban J connectivity index is 0.000000461. The van der Waals surface area contributed by atoms with Gasteiger partial charge in [0, 0.05) is 0 Å². The van der Waals surface area contributed by atoms with Gasteiger partial charge in [0.2, 0.25) is 0 Å². The summed E-state index contributed by atoms with van der Waals surface area (Å²) in [6.45, 7) is 7.18. The summed E-state index contributed by atoms with van der Waals surface area (Å²) >= 11 is 0. The van der Waals surface area contributed by atoms with Crippen LogP contribution in [0.25, 0.3) is 0 Å². The minimum absolute atomic E-state index is 0.971. The molecule has 0 aromatic carbocycles. The Morgan fingerprint density at radius 3 is 1.55 bits per heavy atom. The fourth-order valence-electron chi connectivity index (χ4n) is 1.85. The maximum Gasteiger partial charge on any atom is -0.0195 e. The standard InChI is InChI=1S/C9H18.CH5N/c1-7-5-4-6-8(2)9(7)3;1-2/h7-9H,4-6H2,1-3H3;2H2,1H3. The minimum atomic E-state index is 0.971. The van der Waals surface area contributed by atoms with Crippen molar-refractivity contribution in [3.63, 3.8) is 0 Å². The van der Waals surface area contributed by atoms with Gasteiger partial charge in [-0.2, -0.15) is 0 Å². The van der Waals surface area contributed by atoms with Crippen LogP contribution in [0, 0.1) is 17.8 Å². The third-order valence-corrected chi connectivity index (χ3v) is 3.11. The molecule has 0 saturated heterocycles. The van der Waals surface area contributed by atoms with Crippen LogP contribution in [-0.4, -0.2) is 7.05 Å². The van der Waals surface area contributed by atoms with Crippen molar-refractivity contribution in [2.75, 3.05) is 7.05 Å². The average molecular weight is 157 g/mol. The van der Waals surface area contributed by atoms with Gasteiger partial charge >= 0.3 is 0 Å². The van der Waals surface area contributed by atoms with Crippen molar-refractivity contribution in [2.45, 2.75) is 40.0 Å². The molecule has 0 heterocycles. The molecule has 0 aromatic heterocycles. The normalized spacial score (nSPS) is 37.4. The number of hydrogen-bond donors (Lipinski definition) is 1. The highest BCUT2D eigenvalue weighted by atomic mass is 14.4. The number of rotatable bonds is 0. The summed E-state index contributed by atoms with van der Waals surface area (Å²) in [5.74, 6) is 2.93. The monoisotopic (exact) mass is 157 g/mol. The Kier molecular flexibility index (Phi) is 5.57. The maximum atomic E-state index is 4.50. The molecular weight excluding hydrogens is 134 g/mol. The van der Waals surface area contributed by atoms with Gasteiger partial charge < -0.3 is 5.73 Å². The van der Waals surface area contributed by atoms with Crippen LogP contribution >= 0.6 is 0 Å². The molecule has 0 bridgehead atoms. The van der Waals surface area contributed by atoms with Gasteiger partial charge in [-0.05, 0) is 24.8 Å². The van der Waals surface area contributed by atoms with Gasteiger partial charge in [0.25, 0.3) is 0 Å². The fraction of sp³-hybridized carbons (Fsp3) is 1.00.